The zero-order valence-electron chi connectivity index (χ0n) is 10.1. The topological polar surface area (TPSA) is 59.3 Å². The van der Waals surface area contributed by atoms with E-state index in [2.05, 4.69) is 22.0 Å². The molecule has 6 heteroatoms. The molecule has 0 N–H and O–H groups in total. The Morgan fingerprint density at radius 3 is 2.85 bits per heavy atom. The monoisotopic (exact) mass is 349 g/mol. The number of ketones is 1. The lowest BCUT2D eigenvalue weighted by molar-refractivity contribution is 0.0982. The molecule has 1 aliphatic heterocycles. The molecule has 0 amide bonds. The van der Waals surface area contributed by atoms with Gasteiger partial charge in [-0.2, -0.15) is 5.26 Å². The number of hydrogen-bond acceptors (Lipinski definition) is 5. The van der Waals surface area contributed by atoms with E-state index in [-0.39, 0.29) is 12.6 Å². The molecule has 0 saturated carbocycles. The van der Waals surface area contributed by atoms with Crippen LogP contribution in [0.25, 0.3) is 0 Å². The van der Waals surface area contributed by atoms with Crippen molar-refractivity contribution in [2.45, 2.75) is 5.92 Å². The summed E-state index contributed by atoms with van der Waals surface area (Å²) in [5.41, 5.74) is 0.613. The molecule has 0 saturated heterocycles. The van der Waals surface area contributed by atoms with Gasteiger partial charge in [-0.3, -0.25) is 4.79 Å². The lowest BCUT2D eigenvalue weighted by Gasteiger charge is -2.08. The van der Waals surface area contributed by atoms with Gasteiger partial charge in [0.15, 0.2) is 17.3 Å². The Bertz CT molecular complexity index is 719. The van der Waals surface area contributed by atoms with Gasteiger partial charge in [-0.05, 0) is 45.1 Å². The Morgan fingerprint density at radius 2 is 2.15 bits per heavy atom. The molecule has 1 atom stereocenters. The number of nitriles is 1. The molecule has 1 aromatic heterocycles. The first kappa shape index (κ1) is 13.2. The fourth-order valence-electron chi connectivity index (χ4n) is 1.98. The third-order valence-electron chi connectivity index (χ3n) is 2.96. The summed E-state index contributed by atoms with van der Waals surface area (Å²) in [5, 5.41) is 11.1. The number of benzene rings is 1. The molecule has 3 rings (SSSR count). The second kappa shape index (κ2) is 5.27. The van der Waals surface area contributed by atoms with E-state index in [4.69, 9.17) is 9.47 Å². The zero-order chi connectivity index (χ0) is 14.1. The molecule has 0 aliphatic carbocycles. The van der Waals surface area contributed by atoms with Gasteiger partial charge in [0.05, 0.1) is 10.9 Å². The van der Waals surface area contributed by atoms with Crippen LogP contribution >= 0.6 is 27.3 Å². The maximum Gasteiger partial charge on any atom is 0.231 e. The van der Waals surface area contributed by atoms with E-state index in [0.29, 0.717) is 26.4 Å². The largest absolute Gasteiger partial charge is 0.454 e. The molecule has 4 nitrogen and oxygen atoms in total. The number of halogens is 1. The van der Waals surface area contributed by atoms with Gasteiger partial charge in [0, 0.05) is 4.47 Å². The first-order valence-corrected chi connectivity index (χ1v) is 7.44. The van der Waals surface area contributed by atoms with E-state index in [1.165, 1.54) is 11.3 Å². The molecular weight excluding hydrogens is 342 g/mol. The van der Waals surface area contributed by atoms with Gasteiger partial charge in [0.2, 0.25) is 6.79 Å². The number of rotatable bonds is 3. The van der Waals surface area contributed by atoms with Gasteiger partial charge in [0.1, 0.15) is 5.92 Å². The number of ether oxygens (including phenoxy) is 2. The molecule has 0 fully saturated rings. The number of hydrogen-bond donors (Lipinski definition) is 0. The molecule has 0 spiro atoms. The van der Waals surface area contributed by atoms with E-state index < -0.39 is 5.92 Å². The number of carbonyl (C=O) groups excluding carboxylic acids is 1. The Morgan fingerprint density at radius 1 is 1.35 bits per heavy atom. The zero-order valence-corrected chi connectivity index (χ0v) is 12.5. The van der Waals surface area contributed by atoms with Crippen LogP contribution in [-0.4, -0.2) is 12.6 Å². The lowest BCUT2D eigenvalue weighted by Crippen LogP contribution is -2.10. The van der Waals surface area contributed by atoms with Crippen LogP contribution in [0.4, 0.5) is 0 Å². The number of carbonyl (C=O) groups is 1. The van der Waals surface area contributed by atoms with Crippen LogP contribution in [0.3, 0.4) is 0 Å². The third-order valence-corrected chi connectivity index (χ3v) is 4.81. The molecule has 20 heavy (non-hydrogen) atoms. The predicted molar refractivity (Wildman–Crippen MR) is 77.3 cm³/mol. The van der Waals surface area contributed by atoms with E-state index in [9.17, 15) is 10.1 Å². The summed E-state index contributed by atoms with van der Waals surface area (Å²) in [6.45, 7) is 0.167. The second-order valence-corrected chi connectivity index (χ2v) is 5.91. The average Bonchev–Trinajstić information content (AvgIpc) is 3.07. The maximum atomic E-state index is 12.4. The van der Waals surface area contributed by atoms with Crippen LogP contribution in [-0.2, 0) is 0 Å². The van der Waals surface area contributed by atoms with Crippen molar-refractivity contribution in [2.75, 3.05) is 6.79 Å². The second-order valence-electron chi connectivity index (χ2n) is 4.14. The van der Waals surface area contributed by atoms with Crippen molar-refractivity contribution in [1.29, 1.82) is 5.26 Å². The normalized spacial score (nSPS) is 13.8. The summed E-state index contributed by atoms with van der Waals surface area (Å²) in [6.07, 6.45) is 0. The smallest absolute Gasteiger partial charge is 0.231 e. The minimum atomic E-state index is -0.848. The van der Waals surface area contributed by atoms with Gasteiger partial charge in [0.25, 0.3) is 0 Å². The predicted octanol–water partition coefficient (Wildman–Crippen LogP) is 3.73. The average molecular weight is 350 g/mol. The summed E-state index contributed by atoms with van der Waals surface area (Å²) in [7, 11) is 0. The molecule has 1 aromatic carbocycles. The summed E-state index contributed by atoms with van der Waals surface area (Å²) in [4.78, 5) is 13.0. The Labute approximate surface area is 127 Å². The quantitative estimate of drug-likeness (QED) is 0.792. The number of thiophene rings is 1. The third kappa shape index (κ3) is 2.19. The lowest BCUT2D eigenvalue weighted by atomic mass is 9.95. The number of fused-ring (bicyclic) bond motifs is 1. The fraction of sp³-hybridized carbons (Fsp3) is 0.143. The van der Waals surface area contributed by atoms with Gasteiger partial charge in [-0.15, -0.1) is 11.3 Å². The molecule has 2 heterocycles. The molecule has 0 radical (unpaired) electrons. The fourth-order valence-corrected chi connectivity index (χ4v) is 3.52. The van der Waals surface area contributed by atoms with Gasteiger partial charge in [-0.1, -0.05) is 6.07 Å². The molecule has 1 unspecified atom stereocenters. The van der Waals surface area contributed by atoms with Crippen molar-refractivity contribution in [2.24, 2.45) is 0 Å². The summed E-state index contributed by atoms with van der Waals surface area (Å²) >= 11 is 4.64. The number of Topliss-reactive ketones (excluding diaryl/α,β-unsaturated/α-hetero) is 1. The van der Waals surface area contributed by atoms with Crippen molar-refractivity contribution >= 4 is 33.0 Å². The van der Waals surface area contributed by atoms with Crippen LogP contribution in [0, 0.1) is 11.3 Å². The highest BCUT2D eigenvalue weighted by Gasteiger charge is 2.26. The van der Waals surface area contributed by atoms with E-state index >= 15 is 0 Å². The Balaban J connectivity index is 1.97. The highest BCUT2D eigenvalue weighted by atomic mass is 79.9. The van der Waals surface area contributed by atoms with Crippen molar-refractivity contribution in [3.63, 3.8) is 0 Å². The van der Waals surface area contributed by atoms with Crippen molar-refractivity contribution in [3.05, 3.63) is 44.6 Å². The SMILES string of the molecule is N#CC(C(=O)c1sccc1Br)c1ccc2c(c1)OCO2. The maximum absolute atomic E-state index is 12.4. The molecule has 0 bridgehead atoms. The first-order valence-electron chi connectivity index (χ1n) is 5.77. The van der Waals surface area contributed by atoms with E-state index in [1.807, 2.05) is 5.38 Å². The Kier molecular flexibility index (Phi) is 3.47. The van der Waals surface area contributed by atoms with Crippen LogP contribution < -0.4 is 9.47 Å². The van der Waals surface area contributed by atoms with Gasteiger partial charge >= 0.3 is 0 Å². The van der Waals surface area contributed by atoms with Crippen molar-refractivity contribution in [3.8, 4) is 17.6 Å². The standard InChI is InChI=1S/C14H8BrNO3S/c15-10-3-4-20-14(10)13(17)9(6-16)8-1-2-11-12(5-8)19-7-18-11/h1-5,9H,7H2. The molecule has 100 valence electrons. The number of nitrogens with zero attached hydrogens (tertiary/aromatic N) is 1. The van der Waals surface area contributed by atoms with Crippen molar-refractivity contribution in [1.82, 2.24) is 0 Å². The minimum Gasteiger partial charge on any atom is -0.454 e. The minimum absolute atomic E-state index is 0.167. The summed E-state index contributed by atoms with van der Waals surface area (Å²) < 4.78 is 11.2. The molecule has 1 aliphatic rings. The van der Waals surface area contributed by atoms with Crippen LogP contribution in [0.2, 0.25) is 0 Å². The molecular formula is C14H8BrNO3S. The van der Waals surface area contributed by atoms with Crippen LogP contribution in [0.15, 0.2) is 34.1 Å². The Hall–Kier alpha value is -1.84. The van der Waals surface area contributed by atoms with Gasteiger partial charge < -0.3 is 9.47 Å². The summed E-state index contributed by atoms with van der Waals surface area (Å²) in [5.74, 6) is 0.142. The summed E-state index contributed by atoms with van der Waals surface area (Å²) in [6, 6.07) is 9.00. The molecule has 2 aromatic rings. The van der Waals surface area contributed by atoms with Crippen molar-refractivity contribution < 1.29 is 14.3 Å². The first-order chi connectivity index (χ1) is 9.70. The highest BCUT2D eigenvalue weighted by molar-refractivity contribution is 9.10. The van der Waals surface area contributed by atoms with Crippen LogP contribution in [0.1, 0.15) is 21.2 Å². The van der Waals surface area contributed by atoms with Gasteiger partial charge in [-0.25, -0.2) is 0 Å². The van der Waals surface area contributed by atoms with E-state index in [1.54, 1.807) is 24.3 Å². The van der Waals surface area contributed by atoms with E-state index in [0.717, 1.165) is 0 Å². The van der Waals surface area contributed by atoms with Crippen LogP contribution in [0.5, 0.6) is 11.5 Å². The highest BCUT2D eigenvalue weighted by Crippen LogP contribution is 2.36.